The van der Waals surface area contributed by atoms with Gasteiger partial charge in [-0.05, 0) is 42.4 Å². The average molecular weight is 416 g/mol. The molecular formula is C15H22BrN5O2S. The van der Waals surface area contributed by atoms with Gasteiger partial charge in [0.05, 0.1) is 13.7 Å². The van der Waals surface area contributed by atoms with Crippen molar-refractivity contribution in [3.05, 3.63) is 22.2 Å². The van der Waals surface area contributed by atoms with Crippen molar-refractivity contribution in [3.63, 3.8) is 0 Å². The summed E-state index contributed by atoms with van der Waals surface area (Å²) in [6.07, 6.45) is 1.02. The SMILES string of the molecule is CCOc1c(OC)ccc(Br)c1CNCCCSc1nnnn1C. The van der Waals surface area contributed by atoms with Gasteiger partial charge in [0.25, 0.3) is 0 Å². The fraction of sp³-hybridized carbons (Fsp3) is 0.533. The molecule has 0 spiro atoms. The van der Waals surface area contributed by atoms with Crippen LogP contribution in [-0.4, -0.2) is 46.2 Å². The van der Waals surface area contributed by atoms with E-state index in [-0.39, 0.29) is 0 Å². The second kappa shape index (κ2) is 9.85. The summed E-state index contributed by atoms with van der Waals surface area (Å²) >= 11 is 5.25. The van der Waals surface area contributed by atoms with Gasteiger partial charge < -0.3 is 14.8 Å². The summed E-state index contributed by atoms with van der Waals surface area (Å²) in [6.45, 7) is 4.18. The molecule has 9 heteroatoms. The summed E-state index contributed by atoms with van der Waals surface area (Å²) in [4.78, 5) is 0. The van der Waals surface area contributed by atoms with Crippen LogP contribution in [0.4, 0.5) is 0 Å². The zero-order valence-electron chi connectivity index (χ0n) is 14.1. The third-order valence-corrected chi connectivity index (χ3v) is 5.13. The molecule has 1 N–H and O–H groups in total. The second-order valence-corrected chi connectivity index (χ2v) is 6.87. The fourth-order valence-corrected chi connectivity index (χ4v) is 3.37. The quantitative estimate of drug-likeness (QED) is 0.472. The number of tetrazole rings is 1. The highest BCUT2D eigenvalue weighted by Gasteiger charge is 2.13. The van der Waals surface area contributed by atoms with E-state index in [4.69, 9.17) is 9.47 Å². The smallest absolute Gasteiger partial charge is 0.209 e. The van der Waals surface area contributed by atoms with Crippen molar-refractivity contribution < 1.29 is 9.47 Å². The largest absolute Gasteiger partial charge is 0.493 e. The maximum Gasteiger partial charge on any atom is 0.209 e. The first-order valence-electron chi connectivity index (χ1n) is 7.71. The normalized spacial score (nSPS) is 10.8. The van der Waals surface area contributed by atoms with E-state index in [1.807, 2.05) is 26.1 Å². The Morgan fingerprint density at radius 2 is 2.21 bits per heavy atom. The first-order valence-corrected chi connectivity index (χ1v) is 9.49. The lowest BCUT2D eigenvalue weighted by Gasteiger charge is -2.16. The number of hydrogen-bond acceptors (Lipinski definition) is 7. The van der Waals surface area contributed by atoms with Crippen molar-refractivity contribution in [2.75, 3.05) is 26.0 Å². The molecule has 0 unspecified atom stereocenters. The van der Waals surface area contributed by atoms with Crippen LogP contribution >= 0.6 is 27.7 Å². The number of halogens is 1. The standard InChI is InChI=1S/C15H22BrN5O2S/c1-4-23-14-11(12(16)6-7-13(14)22-3)10-17-8-5-9-24-15-18-19-20-21(15)2/h6-7,17H,4-5,8-10H2,1-3H3. The topological polar surface area (TPSA) is 74.1 Å². The minimum absolute atomic E-state index is 0.599. The van der Waals surface area contributed by atoms with E-state index in [1.54, 1.807) is 23.6 Å². The van der Waals surface area contributed by atoms with Crippen LogP contribution in [0.2, 0.25) is 0 Å². The van der Waals surface area contributed by atoms with Gasteiger partial charge in [-0.15, -0.1) is 5.10 Å². The first kappa shape index (κ1) is 19.0. The van der Waals surface area contributed by atoms with Crippen LogP contribution in [0.1, 0.15) is 18.9 Å². The summed E-state index contributed by atoms with van der Waals surface area (Å²) in [5.74, 6) is 2.50. The maximum absolute atomic E-state index is 5.76. The van der Waals surface area contributed by atoms with Crippen LogP contribution in [0.5, 0.6) is 11.5 Å². The number of aromatic nitrogens is 4. The molecule has 0 bridgehead atoms. The van der Waals surface area contributed by atoms with Gasteiger partial charge in [0, 0.05) is 29.4 Å². The van der Waals surface area contributed by atoms with E-state index in [0.29, 0.717) is 13.2 Å². The molecule has 1 aromatic heterocycles. The Labute approximate surface area is 154 Å². The van der Waals surface area contributed by atoms with Gasteiger partial charge in [-0.3, -0.25) is 0 Å². The highest BCUT2D eigenvalue weighted by Crippen LogP contribution is 2.36. The van der Waals surface area contributed by atoms with Gasteiger partial charge in [-0.2, -0.15) is 0 Å². The number of nitrogens with one attached hydrogen (secondary N) is 1. The van der Waals surface area contributed by atoms with Crippen LogP contribution in [-0.2, 0) is 13.6 Å². The minimum atomic E-state index is 0.599. The molecule has 0 saturated carbocycles. The Morgan fingerprint density at radius 3 is 2.88 bits per heavy atom. The predicted octanol–water partition coefficient (Wildman–Crippen LogP) is 2.65. The van der Waals surface area contributed by atoms with E-state index in [9.17, 15) is 0 Å². The van der Waals surface area contributed by atoms with Crippen LogP contribution in [0, 0.1) is 0 Å². The molecular weight excluding hydrogens is 394 g/mol. The van der Waals surface area contributed by atoms with Gasteiger partial charge >= 0.3 is 0 Å². The predicted molar refractivity (Wildman–Crippen MR) is 97.7 cm³/mol. The number of rotatable bonds is 10. The number of ether oxygens (including phenoxy) is 2. The molecule has 0 saturated heterocycles. The molecule has 0 amide bonds. The number of aryl methyl sites for hydroxylation is 1. The van der Waals surface area contributed by atoms with Gasteiger partial charge in [-0.25, -0.2) is 4.68 Å². The molecule has 0 fully saturated rings. The van der Waals surface area contributed by atoms with E-state index in [0.717, 1.165) is 45.4 Å². The molecule has 7 nitrogen and oxygen atoms in total. The molecule has 0 aliphatic heterocycles. The number of nitrogens with zero attached hydrogens (tertiary/aromatic N) is 4. The van der Waals surface area contributed by atoms with E-state index in [2.05, 4.69) is 36.8 Å². The highest BCUT2D eigenvalue weighted by atomic mass is 79.9. The average Bonchev–Trinajstić information content (AvgIpc) is 2.98. The van der Waals surface area contributed by atoms with Gasteiger partial charge in [0.15, 0.2) is 11.5 Å². The van der Waals surface area contributed by atoms with E-state index >= 15 is 0 Å². The van der Waals surface area contributed by atoms with Crippen molar-refractivity contribution in [3.8, 4) is 11.5 Å². The summed E-state index contributed by atoms with van der Waals surface area (Å²) in [5.41, 5.74) is 1.07. The number of hydrogen-bond donors (Lipinski definition) is 1. The molecule has 24 heavy (non-hydrogen) atoms. The summed E-state index contributed by atoms with van der Waals surface area (Å²) in [5, 5.41) is 15.7. The Bertz CT molecular complexity index is 653. The van der Waals surface area contributed by atoms with Crippen LogP contribution in [0.15, 0.2) is 21.8 Å². The van der Waals surface area contributed by atoms with Crippen LogP contribution in [0.3, 0.4) is 0 Å². The van der Waals surface area contributed by atoms with Gasteiger partial charge in [-0.1, -0.05) is 27.7 Å². The van der Waals surface area contributed by atoms with Crippen LogP contribution in [0.25, 0.3) is 0 Å². The maximum atomic E-state index is 5.76. The van der Waals surface area contributed by atoms with Gasteiger partial charge in [0.2, 0.25) is 5.16 Å². The van der Waals surface area contributed by atoms with Crippen molar-refractivity contribution in [2.24, 2.45) is 7.05 Å². The third kappa shape index (κ3) is 5.09. The van der Waals surface area contributed by atoms with E-state index in [1.165, 1.54) is 0 Å². The lowest BCUT2D eigenvalue weighted by molar-refractivity contribution is 0.306. The van der Waals surface area contributed by atoms with Crippen molar-refractivity contribution in [1.29, 1.82) is 0 Å². The Balaban J connectivity index is 1.82. The number of methoxy groups -OCH3 is 1. The van der Waals surface area contributed by atoms with E-state index < -0.39 is 0 Å². The lowest BCUT2D eigenvalue weighted by Crippen LogP contribution is -2.17. The minimum Gasteiger partial charge on any atom is -0.493 e. The molecule has 0 radical (unpaired) electrons. The molecule has 1 heterocycles. The number of benzene rings is 1. The first-order chi connectivity index (χ1) is 11.7. The molecule has 2 rings (SSSR count). The summed E-state index contributed by atoms with van der Waals surface area (Å²) in [6, 6.07) is 3.89. The van der Waals surface area contributed by atoms with Crippen LogP contribution < -0.4 is 14.8 Å². The second-order valence-electron chi connectivity index (χ2n) is 4.95. The summed E-state index contributed by atoms with van der Waals surface area (Å²) in [7, 11) is 3.50. The van der Waals surface area contributed by atoms with Crippen molar-refractivity contribution in [2.45, 2.75) is 25.0 Å². The zero-order valence-corrected chi connectivity index (χ0v) is 16.5. The lowest BCUT2D eigenvalue weighted by atomic mass is 10.2. The third-order valence-electron chi connectivity index (χ3n) is 3.29. The molecule has 2 aromatic rings. The molecule has 0 aliphatic carbocycles. The number of thioether (sulfide) groups is 1. The Morgan fingerprint density at radius 1 is 1.38 bits per heavy atom. The molecule has 0 aliphatic rings. The highest BCUT2D eigenvalue weighted by molar-refractivity contribution is 9.10. The summed E-state index contributed by atoms with van der Waals surface area (Å²) < 4.78 is 13.8. The van der Waals surface area contributed by atoms with Crippen molar-refractivity contribution in [1.82, 2.24) is 25.5 Å². The monoisotopic (exact) mass is 415 g/mol. The zero-order chi connectivity index (χ0) is 17.4. The Hall–Kier alpha value is -1.32. The van der Waals surface area contributed by atoms with Gasteiger partial charge in [0.1, 0.15) is 0 Å². The Kier molecular flexibility index (Phi) is 7.80. The molecule has 1 aromatic carbocycles. The van der Waals surface area contributed by atoms with Crippen molar-refractivity contribution >= 4 is 27.7 Å². The molecule has 132 valence electrons. The fourth-order valence-electron chi connectivity index (χ4n) is 2.13. The molecule has 0 atom stereocenters.